The number of carbonyl (C=O) groups excluding carboxylic acids is 2. The summed E-state index contributed by atoms with van der Waals surface area (Å²) in [5, 5.41) is 0. The van der Waals surface area contributed by atoms with E-state index in [1.54, 1.807) is 6.92 Å². The van der Waals surface area contributed by atoms with Gasteiger partial charge in [-0.1, -0.05) is 6.42 Å². The molecular weight excluding hydrogens is 334 g/mol. The standard InChI is InChI=1S/C16H23NO6S/c1-3-23-16(19)13-8-10-14(11-9-13)24(20,21)17-12-6-4-5-7-15(18)22-2/h8-11,17H,3-7,12H2,1-2H3. The quantitative estimate of drug-likeness (QED) is 0.507. The van der Waals surface area contributed by atoms with Crippen molar-refractivity contribution in [3.05, 3.63) is 29.8 Å². The molecule has 134 valence electrons. The third-order valence-electron chi connectivity index (χ3n) is 3.25. The van der Waals surface area contributed by atoms with Gasteiger partial charge in [-0.25, -0.2) is 17.9 Å². The summed E-state index contributed by atoms with van der Waals surface area (Å²) in [5.74, 6) is -0.753. The summed E-state index contributed by atoms with van der Waals surface area (Å²) in [6, 6.07) is 5.57. The lowest BCUT2D eigenvalue weighted by Crippen LogP contribution is -2.24. The Balaban J connectivity index is 2.45. The van der Waals surface area contributed by atoms with E-state index < -0.39 is 16.0 Å². The average molecular weight is 357 g/mol. The van der Waals surface area contributed by atoms with Crippen molar-refractivity contribution in [1.29, 1.82) is 0 Å². The summed E-state index contributed by atoms with van der Waals surface area (Å²) < 4.78 is 36.1. The third-order valence-corrected chi connectivity index (χ3v) is 4.73. The molecular formula is C16H23NO6S. The number of unbranched alkanes of at least 4 members (excludes halogenated alkanes) is 2. The molecule has 1 N–H and O–H groups in total. The van der Waals surface area contributed by atoms with Crippen molar-refractivity contribution in [2.75, 3.05) is 20.3 Å². The van der Waals surface area contributed by atoms with Crippen LogP contribution in [0.15, 0.2) is 29.2 Å². The molecule has 0 aliphatic heterocycles. The second-order valence-electron chi connectivity index (χ2n) is 5.03. The molecule has 8 heteroatoms. The number of sulfonamides is 1. The molecule has 0 aliphatic carbocycles. The van der Waals surface area contributed by atoms with Crippen LogP contribution in [0.3, 0.4) is 0 Å². The first-order valence-corrected chi connectivity index (χ1v) is 9.22. The minimum Gasteiger partial charge on any atom is -0.469 e. The predicted molar refractivity (Wildman–Crippen MR) is 88.1 cm³/mol. The van der Waals surface area contributed by atoms with Crippen molar-refractivity contribution in [1.82, 2.24) is 4.72 Å². The molecule has 0 atom stereocenters. The Hall–Kier alpha value is -1.93. The van der Waals surface area contributed by atoms with Crippen LogP contribution in [0, 0.1) is 0 Å². The molecule has 0 saturated carbocycles. The normalized spacial score (nSPS) is 11.1. The zero-order valence-electron chi connectivity index (χ0n) is 13.9. The molecule has 0 bridgehead atoms. The van der Waals surface area contributed by atoms with Crippen molar-refractivity contribution < 1.29 is 27.5 Å². The van der Waals surface area contributed by atoms with Gasteiger partial charge in [-0.15, -0.1) is 0 Å². The first-order valence-electron chi connectivity index (χ1n) is 7.74. The fourth-order valence-corrected chi connectivity index (χ4v) is 3.02. The van der Waals surface area contributed by atoms with E-state index >= 15 is 0 Å². The Labute approximate surface area is 142 Å². The molecule has 1 aromatic rings. The average Bonchev–Trinajstić information content (AvgIpc) is 2.58. The summed E-state index contributed by atoms with van der Waals surface area (Å²) in [6.07, 6.45) is 2.33. The summed E-state index contributed by atoms with van der Waals surface area (Å²) in [5.41, 5.74) is 0.304. The molecule has 0 unspecified atom stereocenters. The van der Waals surface area contributed by atoms with Gasteiger partial charge in [0.25, 0.3) is 0 Å². The first kappa shape index (κ1) is 20.1. The number of nitrogens with one attached hydrogen (secondary N) is 1. The van der Waals surface area contributed by atoms with Crippen LogP contribution in [0.25, 0.3) is 0 Å². The van der Waals surface area contributed by atoms with Gasteiger partial charge in [-0.2, -0.15) is 0 Å². The Morgan fingerprint density at radius 1 is 1.08 bits per heavy atom. The summed E-state index contributed by atoms with van der Waals surface area (Å²) >= 11 is 0. The van der Waals surface area contributed by atoms with Crippen molar-refractivity contribution in [2.45, 2.75) is 37.5 Å². The summed E-state index contributed by atoms with van der Waals surface area (Å²) in [6.45, 7) is 2.24. The Morgan fingerprint density at radius 2 is 1.75 bits per heavy atom. The van der Waals surface area contributed by atoms with Gasteiger partial charge in [0.05, 0.1) is 24.2 Å². The summed E-state index contributed by atoms with van der Waals surface area (Å²) in [4.78, 5) is 22.6. The highest BCUT2D eigenvalue weighted by Gasteiger charge is 2.14. The van der Waals surface area contributed by atoms with Gasteiger partial charge in [0.1, 0.15) is 0 Å². The zero-order valence-corrected chi connectivity index (χ0v) is 14.7. The van der Waals surface area contributed by atoms with E-state index in [1.807, 2.05) is 0 Å². The van der Waals surface area contributed by atoms with E-state index in [2.05, 4.69) is 9.46 Å². The van der Waals surface area contributed by atoms with Gasteiger partial charge >= 0.3 is 11.9 Å². The van der Waals surface area contributed by atoms with E-state index in [0.29, 0.717) is 24.8 Å². The minimum atomic E-state index is -3.62. The highest BCUT2D eigenvalue weighted by atomic mass is 32.2. The fourth-order valence-electron chi connectivity index (χ4n) is 1.95. The Bertz CT molecular complexity index is 639. The highest BCUT2D eigenvalue weighted by molar-refractivity contribution is 7.89. The number of methoxy groups -OCH3 is 1. The largest absolute Gasteiger partial charge is 0.469 e. The van der Waals surface area contributed by atoms with Crippen molar-refractivity contribution in [3.8, 4) is 0 Å². The number of benzene rings is 1. The van der Waals surface area contributed by atoms with E-state index in [1.165, 1.54) is 31.4 Å². The molecule has 0 radical (unpaired) electrons. The topological polar surface area (TPSA) is 98.8 Å². The van der Waals surface area contributed by atoms with Crippen LogP contribution in [-0.2, 0) is 24.3 Å². The fraction of sp³-hybridized carbons (Fsp3) is 0.500. The number of hydrogen-bond acceptors (Lipinski definition) is 6. The second-order valence-corrected chi connectivity index (χ2v) is 6.80. The molecule has 0 spiro atoms. The van der Waals surface area contributed by atoms with Gasteiger partial charge < -0.3 is 9.47 Å². The van der Waals surface area contributed by atoms with E-state index in [0.717, 1.165) is 6.42 Å². The first-order chi connectivity index (χ1) is 11.4. The maximum atomic E-state index is 12.1. The van der Waals surface area contributed by atoms with Gasteiger partial charge in [0.2, 0.25) is 10.0 Å². The van der Waals surface area contributed by atoms with Gasteiger partial charge in [-0.05, 0) is 44.0 Å². The zero-order chi connectivity index (χ0) is 18.0. The lowest BCUT2D eigenvalue weighted by Gasteiger charge is -2.07. The van der Waals surface area contributed by atoms with Gasteiger partial charge in [-0.3, -0.25) is 4.79 Å². The van der Waals surface area contributed by atoms with Gasteiger partial charge in [0.15, 0.2) is 0 Å². The van der Waals surface area contributed by atoms with Crippen molar-refractivity contribution in [2.24, 2.45) is 0 Å². The van der Waals surface area contributed by atoms with Crippen LogP contribution in [0.4, 0.5) is 0 Å². The lowest BCUT2D eigenvalue weighted by atomic mass is 10.2. The number of carbonyl (C=O) groups is 2. The van der Waals surface area contributed by atoms with Crippen LogP contribution in [0.2, 0.25) is 0 Å². The Morgan fingerprint density at radius 3 is 2.33 bits per heavy atom. The maximum Gasteiger partial charge on any atom is 0.338 e. The minimum absolute atomic E-state index is 0.0881. The van der Waals surface area contributed by atoms with Crippen molar-refractivity contribution in [3.63, 3.8) is 0 Å². The molecule has 0 amide bonds. The number of hydrogen-bond donors (Lipinski definition) is 1. The molecule has 1 rings (SSSR count). The predicted octanol–water partition coefficient (Wildman–Crippen LogP) is 1.87. The van der Waals surface area contributed by atoms with Crippen LogP contribution in [0.5, 0.6) is 0 Å². The van der Waals surface area contributed by atoms with E-state index in [4.69, 9.17) is 4.74 Å². The molecule has 24 heavy (non-hydrogen) atoms. The van der Waals surface area contributed by atoms with Crippen LogP contribution >= 0.6 is 0 Å². The maximum absolute atomic E-state index is 12.1. The molecule has 0 saturated heterocycles. The lowest BCUT2D eigenvalue weighted by molar-refractivity contribution is -0.140. The molecule has 0 aromatic heterocycles. The SMILES string of the molecule is CCOC(=O)c1ccc(S(=O)(=O)NCCCCCC(=O)OC)cc1. The monoisotopic (exact) mass is 357 g/mol. The smallest absolute Gasteiger partial charge is 0.338 e. The molecule has 0 aliphatic rings. The van der Waals surface area contributed by atoms with Gasteiger partial charge in [0, 0.05) is 13.0 Å². The van der Waals surface area contributed by atoms with Crippen LogP contribution in [-0.4, -0.2) is 40.6 Å². The molecule has 1 aromatic carbocycles. The van der Waals surface area contributed by atoms with E-state index in [9.17, 15) is 18.0 Å². The van der Waals surface area contributed by atoms with Crippen LogP contribution in [0.1, 0.15) is 43.0 Å². The second kappa shape index (κ2) is 10.0. The van der Waals surface area contributed by atoms with E-state index in [-0.39, 0.29) is 24.0 Å². The van der Waals surface area contributed by atoms with Crippen molar-refractivity contribution >= 4 is 22.0 Å². The number of esters is 2. The number of ether oxygens (including phenoxy) is 2. The molecule has 0 heterocycles. The third kappa shape index (κ3) is 6.67. The summed E-state index contributed by atoms with van der Waals surface area (Å²) in [7, 11) is -2.28. The Kier molecular flexibility index (Phi) is 8.42. The van der Waals surface area contributed by atoms with Crippen LogP contribution < -0.4 is 4.72 Å². The number of rotatable bonds is 10. The highest BCUT2D eigenvalue weighted by Crippen LogP contribution is 2.12. The molecule has 7 nitrogen and oxygen atoms in total. The molecule has 0 fully saturated rings.